The molecular formula is C19H20N2O2S. The quantitative estimate of drug-likeness (QED) is 0.672. The third kappa shape index (κ3) is 4.11. The van der Waals surface area contributed by atoms with Crippen LogP contribution in [0.15, 0.2) is 59.4 Å². The summed E-state index contributed by atoms with van der Waals surface area (Å²) in [5, 5.41) is 3.65. The molecule has 0 aliphatic heterocycles. The minimum Gasteiger partial charge on any atom is -0.356 e. The highest BCUT2D eigenvalue weighted by Gasteiger charge is 2.08. The molecule has 0 aliphatic carbocycles. The Kier molecular flexibility index (Phi) is 5.43. The van der Waals surface area contributed by atoms with Crippen molar-refractivity contribution in [1.82, 2.24) is 9.27 Å². The Morgan fingerprint density at radius 1 is 1.04 bits per heavy atom. The van der Waals surface area contributed by atoms with Gasteiger partial charge in [0, 0.05) is 19.5 Å². The molecule has 3 rings (SSSR count). The smallest absolute Gasteiger partial charge is 0.268 e. The fraction of sp³-hybridized carbons (Fsp3) is 0.263. The average molecular weight is 340 g/mol. The van der Waals surface area contributed by atoms with Crippen molar-refractivity contribution < 1.29 is 4.79 Å². The van der Waals surface area contributed by atoms with Gasteiger partial charge in [-0.05, 0) is 30.5 Å². The monoisotopic (exact) mass is 340 g/mol. The van der Waals surface area contributed by atoms with E-state index in [2.05, 4.69) is 17.4 Å². The molecule has 5 heteroatoms. The maximum Gasteiger partial charge on any atom is 0.268 e. The highest BCUT2D eigenvalue weighted by atomic mass is 32.1. The lowest BCUT2D eigenvalue weighted by Crippen LogP contribution is -2.26. The van der Waals surface area contributed by atoms with E-state index < -0.39 is 0 Å². The van der Waals surface area contributed by atoms with E-state index in [1.165, 1.54) is 17.1 Å². The van der Waals surface area contributed by atoms with Crippen LogP contribution >= 0.6 is 11.5 Å². The largest absolute Gasteiger partial charge is 0.356 e. The van der Waals surface area contributed by atoms with Gasteiger partial charge in [0.15, 0.2) is 0 Å². The van der Waals surface area contributed by atoms with Crippen LogP contribution in [0.3, 0.4) is 0 Å². The van der Waals surface area contributed by atoms with Gasteiger partial charge >= 0.3 is 0 Å². The second-order valence-electron chi connectivity index (χ2n) is 5.68. The molecule has 0 atom stereocenters. The summed E-state index contributed by atoms with van der Waals surface area (Å²) in [6.07, 6.45) is 2.20. The normalized spacial score (nSPS) is 10.8. The molecule has 1 heterocycles. The van der Waals surface area contributed by atoms with Gasteiger partial charge in [-0.3, -0.25) is 13.5 Å². The van der Waals surface area contributed by atoms with E-state index in [1.54, 1.807) is 3.96 Å². The minimum atomic E-state index is -0.00702. The van der Waals surface area contributed by atoms with Crippen LogP contribution in [-0.4, -0.2) is 16.4 Å². The number of rotatable bonds is 7. The van der Waals surface area contributed by atoms with Crippen molar-refractivity contribution in [2.45, 2.75) is 25.8 Å². The third-order valence-electron chi connectivity index (χ3n) is 3.90. The highest BCUT2D eigenvalue weighted by molar-refractivity contribution is 7.13. The highest BCUT2D eigenvalue weighted by Crippen LogP contribution is 2.15. The first-order valence-electron chi connectivity index (χ1n) is 8.13. The molecule has 1 amide bonds. The average Bonchev–Trinajstić information content (AvgIpc) is 2.94. The first kappa shape index (κ1) is 16.5. The minimum absolute atomic E-state index is 0.00697. The van der Waals surface area contributed by atoms with Crippen LogP contribution in [0.1, 0.15) is 18.4 Å². The number of nitrogens with zero attached hydrogens (tertiary/aromatic N) is 1. The topological polar surface area (TPSA) is 51.1 Å². The number of hydrogen-bond donors (Lipinski definition) is 1. The Morgan fingerprint density at radius 3 is 2.58 bits per heavy atom. The maximum absolute atomic E-state index is 12.2. The summed E-state index contributed by atoms with van der Waals surface area (Å²) in [6.45, 7) is 1.09. The number of hydrogen-bond acceptors (Lipinski definition) is 3. The third-order valence-corrected chi connectivity index (χ3v) is 5.02. The van der Waals surface area contributed by atoms with Crippen LogP contribution in [0, 0.1) is 0 Å². The number of amides is 1. The van der Waals surface area contributed by atoms with E-state index in [1.807, 2.05) is 42.5 Å². The van der Waals surface area contributed by atoms with Gasteiger partial charge in [0.05, 0.1) is 10.1 Å². The van der Waals surface area contributed by atoms with Crippen LogP contribution in [0.4, 0.5) is 0 Å². The van der Waals surface area contributed by atoms with Gasteiger partial charge in [-0.15, -0.1) is 0 Å². The van der Waals surface area contributed by atoms with E-state index in [0.717, 1.165) is 22.9 Å². The van der Waals surface area contributed by atoms with E-state index >= 15 is 0 Å². The first-order valence-corrected chi connectivity index (χ1v) is 8.91. The van der Waals surface area contributed by atoms with Crippen LogP contribution in [0.25, 0.3) is 10.1 Å². The van der Waals surface area contributed by atoms with Crippen molar-refractivity contribution in [3.8, 4) is 0 Å². The Morgan fingerprint density at radius 2 is 1.79 bits per heavy atom. The SMILES string of the molecule is O=C(CCn1sc2ccccc2c1=O)NCCCc1ccccc1. The molecule has 0 aliphatic rings. The molecule has 2 aromatic carbocycles. The van der Waals surface area contributed by atoms with Gasteiger partial charge in [0.1, 0.15) is 0 Å². The van der Waals surface area contributed by atoms with E-state index in [0.29, 0.717) is 19.5 Å². The fourth-order valence-electron chi connectivity index (χ4n) is 2.62. The van der Waals surface area contributed by atoms with Gasteiger partial charge < -0.3 is 5.32 Å². The van der Waals surface area contributed by atoms with E-state index in [4.69, 9.17) is 0 Å². The van der Waals surface area contributed by atoms with Gasteiger partial charge in [0.2, 0.25) is 5.91 Å². The lowest BCUT2D eigenvalue weighted by molar-refractivity contribution is -0.121. The lowest BCUT2D eigenvalue weighted by Gasteiger charge is -2.05. The first-order chi connectivity index (χ1) is 11.7. The Labute approximate surface area is 144 Å². The molecule has 0 spiro atoms. The van der Waals surface area contributed by atoms with Crippen molar-refractivity contribution in [2.75, 3.05) is 6.54 Å². The zero-order valence-corrected chi connectivity index (χ0v) is 14.2. The molecule has 4 nitrogen and oxygen atoms in total. The number of benzene rings is 2. The second kappa shape index (κ2) is 7.93. The molecule has 124 valence electrons. The van der Waals surface area contributed by atoms with Gasteiger partial charge in [-0.2, -0.15) is 0 Å². The Bertz CT molecular complexity index is 868. The van der Waals surface area contributed by atoms with Gasteiger partial charge in [-0.1, -0.05) is 54.0 Å². The van der Waals surface area contributed by atoms with Gasteiger partial charge in [-0.25, -0.2) is 0 Å². The van der Waals surface area contributed by atoms with Gasteiger partial charge in [0.25, 0.3) is 5.56 Å². The molecule has 0 saturated heterocycles. The summed E-state index contributed by atoms with van der Waals surface area (Å²) in [6, 6.07) is 17.8. The lowest BCUT2D eigenvalue weighted by atomic mass is 10.1. The molecule has 3 aromatic rings. The molecule has 0 bridgehead atoms. The number of aromatic nitrogens is 1. The van der Waals surface area contributed by atoms with E-state index in [-0.39, 0.29) is 11.5 Å². The summed E-state index contributed by atoms with van der Waals surface area (Å²) in [5.41, 5.74) is 1.27. The van der Waals surface area contributed by atoms with Crippen molar-refractivity contribution in [1.29, 1.82) is 0 Å². The molecule has 1 aromatic heterocycles. The number of carbonyl (C=O) groups excluding carboxylic acids is 1. The zero-order chi connectivity index (χ0) is 16.8. The number of fused-ring (bicyclic) bond motifs is 1. The number of aryl methyl sites for hydroxylation is 2. The summed E-state index contributed by atoms with van der Waals surface area (Å²) >= 11 is 1.42. The summed E-state index contributed by atoms with van der Waals surface area (Å²) in [4.78, 5) is 24.1. The van der Waals surface area contributed by atoms with Crippen LogP contribution in [0.2, 0.25) is 0 Å². The Hall–Kier alpha value is -2.40. The molecule has 0 unspecified atom stereocenters. The second-order valence-corrected chi connectivity index (χ2v) is 6.75. The fourth-order valence-corrected chi connectivity index (χ4v) is 3.62. The molecule has 24 heavy (non-hydrogen) atoms. The van der Waals surface area contributed by atoms with Crippen molar-refractivity contribution in [2.24, 2.45) is 0 Å². The van der Waals surface area contributed by atoms with Crippen molar-refractivity contribution in [3.63, 3.8) is 0 Å². The Balaban J connectivity index is 1.43. The maximum atomic E-state index is 12.2. The summed E-state index contributed by atoms with van der Waals surface area (Å²) in [5.74, 6) is -0.00702. The van der Waals surface area contributed by atoms with Crippen LogP contribution in [0.5, 0.6) is 0 Å². The predicted molar refractivity (Wildman–Crippen MR) is 98.5 cm³/mol. The molecular weight excluding hydrogens is 320 g/mol. The standard InChI is InChI=1S/C19H20N2O2S/c22-18(20-13-6-9-15-7-2-1-3-8-15)12-14-21-19(23)16-10-4-5-11-17(16)24-21/h1-5,7-8,10-11H,6,9,12-14H2,(H,20,22). The molecule has 0 radical (unpaired) electrons. The van der Waals surface area contributed by atoms with E-state index in [9.17, 15) is 9.59 Å². The molecule has 0 saturated carbocycles. The zero-order valence-electron chi connectivity index (χ0n) is 13.4. The summed E-state index contributed by atoms with van der Waals surface area (Å²) < 4.78 is 2.62. The molecule has 0 fully saturated rings. The van der Waals surface area contributed by atoms with Crippen molar-refractivity contribution >= 4 is 27.5 Å². The van der Waals surface area contributed by atoms with Crippen LogP contribution < -0.4 is 10.9 Å². The molecule has 1 N–H and O–H groups in total. The predicted octanol–water partition coefficient (Wildman–Crippen LogP) is 3.20. The van der Waals surface area contributed by atoms with Crippen molar-refractivity contribution in [3.05, 3.63) is 70.5 Å². The number of carbonyl (C=O) groups is 1. The number of nitrogens with one attached hydrogen (secondary N) is 1. The summed E-state index contributed by atoms with van der Waals surface area (Å²) in [7, 11) is 0. The van der Waals surface area contributed by atoms with Crippen LogP contribution in [-0.2, 0) is 17.8 Å².